The fourth-order valence-corrected chi connectivity index (χ4v) is 4.15. The Morgan fingerprint density at radius 1 is 1.15 bits per heavy atom. The first kappa shape index (κ1) is 20.0. The summed E-state index contributed by atoms with van der Waals surface area (Å²) in [6.07, 6.45) is 6.31. The molecule has 5 heteroatoms. The first-order chi connectivity index (χ1) is 13.1. The van der Waals surface area contributed by atoms with Crippen molar-refractivity contribution in [3.8, 4) is 0 Å². The fraction of sp³-hybridized carbons (Fsp3) is 0.455. The Hall–Kier alpha value is -1.72. The van der Waals surface area contributed by atoms with Crippen molar-refractivity contribution in [3.05, 3.63) is 64.4 Å². The highest BCUT2D eigenvalue weighted by Gasteiger charge is 2.25. The molecule has 3 rings (SSSR count). The summed E-state index contributed by atoms with van der Waals surface area (Å²) in [5.41, 5.74) is 2.35. The minimum atomic E-state index is 0.248. The fourth-order valence-electron chi connectivity index (χ4n) is 3.67. The van der Waals surface area contributed by atoms with Crippen LogP contribution < -0.4 is 0 Å². The van der Waals surface area contributed by atoms with E-state index in [-0.39, 0.29) is 5.91 Å². The molecule has 0 spiro atoms. The molecule has 1 saturated heterocycles. The van der Waals surface area contributed by atoms with Gasteiger partial charge in [-0.3, -0.25) is 9.78 Å². The lowest BCUT2D eigenvalue weighted by molar-refractivity contribution is -0.132. The molecule has 1 fully saturated rings. The molecule has 0 unspecified atom stereocenters. The van der Waals surface area contributed by atoms with Crippen LogP contribution in [0, 0.1) is 0 Å². The number of benzene rings is 1. The van der Waals surface area contributed by atoms with E-state index in [1.54, 1.807) is 0 Å². The number of amides is 1. The van der Waals surface area contributed by atoms with Crippen molar-refractivity contribution in [1.29, 1.82) is 0 Å². The van der Waals surface area contributed by atoms with Crippen molar-refractivity contribution in [2.45, 2.75) is 38.1 Å². The van der Waals surface area contributed by atoms with E-state index in [1.165, 1.54) is 5.56 Å². The normalized spacial score (nSPS) is 15.6. The number of aryl methyl sites for hydroxylation is 1. The number of rotatable bonds is 7. The average molecular weight is 430 g/mol. The number of halogens is 1. The standard InChI is InChI=1S/C22H28BrN3O/c1-25(22(27)10-9-18-6-2-3-8-21(18)23)20-12-16-26(17-13-20)15-11-19-7-4-5-14-24-19/h2-8,14,20H,9-13,15-17H2,1H3. The smallest absolute Gasteiger partial charge is 0.222 e. The quantitative estimate of drug-likeness (QED) is 0.668. The van der Waals surface area contributed by atoms with Crippen molar-refractivity contribution < 1.29 is 4.79 Å². The van der Waals surface area contributed by atoms with E-state index in [2.05, 4.69) is 37.9 Å². The van der Waals surface area contributed by atoms with Crippen LogP contribution in [0.25, 0.3) is 0 Å². The molecule has 0 atom stereocenters. The number of nitrogens with zero attached hydrogens (tertiary/aromatic N) is 3. The first-order valence-electron chi connectivity index (χ1n) is 9.75. The highest BCUT2D eigenvalue weighted by molar-refractivity contribution is 9.10. The van der Waals surface area contributed by atoms with Crippen LogP contribution in [-0.2, 0) is 17.6 Å². The third-order valence-electron chi connectivity index (χ3n) is 5.47. The largest absolute Gasteiger partial charge is 0.343 e. The molecule has 0 radical (unpaired) electrons. The molecular formula is C22H28BrN3O. The minimum Gasteiger partial charge on any atom is -0.343 e. The summed E-state index contributed by atoms with van der Waals surface area (Å²) >= 11 is 3.56. The van der Waals surface area contributed by atoms with Crippen molar-refractivity contribution >= 4 is 21.8 Å². The lowest BCUT2D eigenvalue weighted by Gasteiger charge is -2.36. The zero-order valence-corrected chi connectivity index (χ0v) is 17.6. The number of carbonyl (C=O) groups is 1. The number of pyridine rings is 1. The van der Waals surface area contributed by atoms with Gasteiger partial charge in [-0.1, -0.05) is 40.2 Å². The SMILES string of the molecule is CN(C(=O)CCc1ccccc1Br)C1CCN(CCc2ccccn2)CC1. The molecule has 0 bridgehead atoms. The van der Waals surface area contributed by atoms with E-state index >= 15 is 0 Å². The van der Waals surface area contributed by atoms with E-state index < -0.39 is 0 Å². The summed E-state index contributed by atoms with van der Waals surface area (Å²) in [4.78, 5) is 21.5. The van der Waals surface area contributed by atoms with E-state index in [1.807, 2.05) is 48.5 Å². The predicted octanol–water partition coefficient (Wildman–Crippen LogP) is 3.94. The second-order valence-electron chi connectivity index (χ2n) is 7.24. The summed E-state index contributed by atoms with van der Waals surface area (Å²) < 4.78 is 1.08. The summed E-state index contributed by atoms with van der Waals surface area (Å²) in [6.45, 7) is 3.15. The zero-order valence-electron chi connectivity index (χ0n) is 16.0. The molecular weight excluding hydrogens is 402 g/mol. The van der Waals surface area contributed by atoms with E-state index in [0.29, 0.717) is 12.5 Å². The van der Waals surface area contributed by atoms with Crippen LogP contribution in [0.5, 0.6) is 0 Å². The zero-order chi connectivity index (χ0) is 19.1. The van der Waals surface area contributed by atoms with Crippen molar-refractivity contribution in [2.75, 3.05) is 26.7 Å². The van der Waals surface area contributed by atoms with Crippen LogP contribution in [0.15, 0.2) is 53.1 Å². The molecule has 1 aliphatic rings. The molecule has 1 aromatic carbocycles. The van der Waals surface area contributed by atoms with Crippen molar-refractivity contribution in [1.82, 2.24) is 14.8 Å². The average Bonchev–Trinajstić information content (AvgIpc) is 2.72. The number of carbonyl (C=O) groups excluding carboxylic acids is 1. The highest BCUT2D eigenvalue weighted by Crippen LogP contribution is 2.20. The maximum absolute atomic E-state index is 12.6. The van der Waals surface area contributed by atoms with Gasteiger partial charge in [-0.05, 0) is 43.0 Å². The molecule has 2 heterocycles. The summed E-state index contributed by atoms with van der Waals surface area (Å²) in [5.74, 6) is 0.248. The molecule has 0 aliphatic carbocycles. The van der Waals surface area contributed by atoms with Crippen LogP contribution >= 0.6 is 15.9 Å². The molecule has 27 heavy (non-hydrogen) atoms. The van der Waals surface area contributed by atoms with Gasteiger partial charge in [0.05, 0.1) is 0 Å². The maximum atomic E-state index is 12.6. The van der Waals surface area contributed by atoms with Gasteiger partial charge in [-0.15, -0.1) is 0 Å². The number of hydrogen-bond acceptors (Lipinski definition) is 3. The second-order valence-corrected chi connectivity index (χ2v) is 8.09. The van der Waals surface area contributed by atoms with Crippen LogP contribution in [0.3, 0.4) is 0 Å². The second kappa shape index (κ2) is 10.00. The Balaban J connectivity index is 1.40. The molecule has 1 aliphatic heterocycles. The highest BCUT2D eigenvalue weighted by atomic mass is 79.9. The van der Waals surface area contributed by atoms with E-state index in [9.17, 15) is 4.79 Å². The summed E-state index contributed by atoms with van der Waals surface area (Å²) in [6, 6.07) is 14.6. The van der Waals surface area contributed by atoms with E-state index in [4.69, 9.17) is 0 Å². The van der Waals surface area contributed by atoms with Gasteiger partial charge in [0.1, 0.15) is 0 Å². The predicted molar refractivity (Wildman–Crippen MR) is 113 cm³/mol. The van der Waals surface area contributed by atoms with Gasteiger partial charge in [0.15, 0.2) is 0 Å². The number of likely N-dealkylation sites (tertiary alicyclic amines) is 1. The maximum Gasteiger partial charge on any atom is 0.222 e. The Kier molecular flexibility index (Phi) is 7.41. The molecule has 4 nitrogen and oxygen atoms in total. The number of aromatic nitrogens is 1. The van der Waals surface area contributed by atoms with Gasteiger partial charge in [-0.25, -0.2) is 0 Å². The van der Waals surface area contributed by atoms with Gasteiger partial charge >= 0.3 is 0 Å². The third kappa shape index (κ3) is 5.88. The molecule has 144 valence electrons. The van der Waals surface area contributed by atoms with Gasteiger partial charge < -0.3 is 9.80 Å². The van der Waals surface area contributed by atoms with Crippen molar-refractivity contribution in [3.63, 3.8) is 0 Å². The number of piperidine rings is 1. The Morgan fingerprint density at radius 3 is 2.59 bits per heavy atom. The first-order valence-corrected chi connectivity index (χ1v) is 10.5. The molecule has 1 aromatic heterocycles. The molecule has 1 amide bonds. The lowest BCUT2D eigenvalue weighted by atomic mass is 10.0. The Bertz CT molecular complexity index is 729. The van der Waals surface area contributed by atoms with Crippen LogP contribution in [0.2, 0.25) is 0 Å². The van der Waals surface area contributed by atoms with Gasteiger partial charge in [-0.2, -0.15) is 0 Å². The Labute approximate surface area is 170 Å². The number of hydrogen-bond donors (Lipinski definition) is 0. The van der Waals surface area contributed by atoms with Gasteiger partial charge in [0.2, 0.25) is 5.91 Å². The third-order valence-corrected chi connectivity index (χ3v) is 6.25. The van der Waals surface area contributed by atoms with Gasteiger partial charge in [0, 0.05) is 61.9 Å². The molecule has 0 N–H and O–H groups in total. The van der Waals surface area contributed by atoms with Crippen LogP contribution in [0.1, 0.15) is 30.5 Å². The van der Waals surface area contributed by atoms with Gasteiger partial charge in [0.25, 0.3) is 0 Å². The molecule has 2 aromatic rings. The Morgan fingerprint density at radius 2 is 1.89 bits per heavy atom. The lowest BCUT2D eigenvalue weighted by Crippen LogP contribution is -2.46. The summed E-state index contributed by atoms with van der Waals surface area (Å²) in [7, 11) is 1.97. The van der Waals surface area contributed by atoms with Crippen LogP contribution in [-0.4, -0.2) is 53.4 Å². The van der Waals surface area contributed by atoms with Crippen LogP contribution in [0.4, 0.5) is 0 Å². The van der Waals surface area contributed by atoms with Crippen molar-refractivity contribution in [2.24, 2.45) is 0 Å². The van der Waals surface area contributed by atoms with E-state index in [0.717, 1.165) is 55.5 Å². The topological polar surface area (TPSA) is 36.4 Å². The minimum absolute atomic E-state index is 0.248. The molecule has 0 saturated carbocycles. The monoisotopic (exact) mass is 429 g/mol. The summed E-state index contributed by atoms with van der Waals surface area (Å²) in [5, 5.41) is 0.